The Morgan fingerprint density at radius 2 is 1.93 bits per heavy atom. The second-order valence-corrected chi connectivity index (χ2v) is 11.8. The van der Waals surface area contributed by atoms with Crippen molar-refractivity contribution < 1.29 is 13.2 Å². The number of rotatable bonds is 6. The molecule has 5 nitrogen and oxygen atoms in total. The van der Waals surface area contributed by atoms with Crippen LogP contribution in [0.2, 0.25) is 0 Å². The number of nitrogens with zero attached hydrogens (tertiary/aromatic N) is 1. The van der Waals surface area contributed by atoms with Crippen molar-refractivity contribution in [2.24, 2.45) is 11.1 Å². The molecule has 0 spiro atoms. The zero-order chi connectivity index (χ0) is 21.2. The Bertz CT molecular complexity index is 895. The number of sulfone groups is 1. The van der Waals surface area contributed by atoms with E-state index in [0.29, 0.717) is 23.4 Å². The molecule has 160 valence electrons. The molecule has 0 aromatic heterocycles. The zero-order valence-electron chi connectivity index (χ0n) is 17.9. The maximum absolute atomic E-state index is 12.0. The SMILES string of the molecule is CC1(C)CC=C(c2cc(C3CCN(CCS(C)(=O)=O)CC3)ccc2C(N)=O)CC1. The summed E-state index contributed by atoms with van der Waals surface area (Å²) in [6, 6.07) is 6.12. The number of hydrogen-bond acceptors (Lipinski definition) is 4. The van der Waals surface area contributed by atoms with Crippen LogP contribution in [0.4, 0.5) is 0 Å². The average Bonchev–Trinajstić information content (AvgIpc) is 2.66. The van der Waals surface area contributed by atoms with Gasteiger partial charge in [0.05, 0.1) is 5.75 Å². The number of allylic oxidation sites excluding steroid dienone is 2. The van der Waals surface area contributed by atoms with Crippen LogP contribution in [0.3, 0.4) is 0 Å². The van der Waals surface area contributed by atoms with Gasteiger partial charge in [-0.3, -0.25) is 4.79 Å². The van der Waals surface area contributed by atoms with E-state index in [9.17, 15) is 13.2 Å². The summed E-state index contributed by atoms with van der Waals surface area (Å²) in [7, 11) is -2.92. The second kappa shape index (κ2) is 8.60. The van der Waals surface area contributed by atoms with Crippen LogP contribution in [0.15, 0.2) is 24.3 Å². The number of likely N-dealkylation sites (tertiary alicyclic amines) is 1. The van der Waals surface area contributed by atoms with Gasteiger partial charge in [0.15, 0.2) is 0 Å². The summed E-state index contributed by atoms with van der Waals surface area (Å²) in [5, 5.41) is 0. The highest BCUT2D eigenvalue weighted by atomic mass is 32.2. The summed E-state index contributed by atoms with van der Waals surface area (Å²) in [4.78, 5) is 14.3. The molecule has 1 aliphatic carbocycles. The topological polar surface area (TPSA) is 80.5 Å². The largest absolute Gasteiger partial charge is 0.366 e. The third-order valence-corrected chi connectivity index (χ3v) is 7.39. The highest BCUT2D eigenvalue weighted by Crippen LogP contribution is 2.40. The summed E-state index contributed by atoms with van der Waals surface area (Å²) in [6.45, 7) is 6.99. The van der Waals surface area contributed by atoms with Gasteiger partial charge in [0.1, 0.15) is 9.84 Å². The smallest absolute Gasteiger partial charge is 0.249 e. The zero-order valence-corrected chi connectivity index (χ0v) is 18.7. The van der Waals surface area contributed by atoms with Crippen LogP contribution in [0.1, 0.15) is 73.4 Å². The first-order valence-electron chi connectivity index (χ1n) is 10.6. The fourth-order valence-electron chi connectivity index (χ4n) is 4.40. The van der Waals surface area contributed by atoms with E-state index in [-0.39, 0.29) is 11.7 Å². The minimum atomic E-state index is -2.92. The van der Waals surface area contributed by atoms with Crippen molar-refractivity contribution >= 4 is 21.3 Å². The number of carbonyl (C=O) groups is 1. The van der Waals surface area contributed by atoms with Crippen molar-refractivity contribution in [2.45, 2.75) is 51.9 Å². The number of carbonyl (C=O) groups excluding carboxylic acids is 1. The lowest BCUT2D eigenvalue weighted by molar-refractivity contribution is 0.1000. The van der Waals surface area contributed by atoms with E-state index in [1.807, 2.05) is 12.1 Å². The number of piperidine rings is 1. The minimum absolute atomic E-state index is 0.222. The standard InChI is InChI=1S/C23H34N2O3S/c1-23(2)10-6-18(7-11-23)21-16-19(4-5-20(21)22(24)26)17-8-12-25(13-9-17)14-15-29(3,27)28/h4-6,16-17H,7-15H2,1-3H3,(H2,24,26). The number of amides is 1. The molecule has 1 aromatic rings. The third kappa shape index (κ3) is 5.92. The van der Waals surface area contributed by atoms with Crippen molar-refractivity contribution in [1.82, 2.24) is 4.90 Å². The lowest BCUT2D eigenvalue weighted by atomic mass is 9.76. The molecule has 3 rings (SSSR count). The van der Waals surface area contributed by atoms with Crippen molar-refractivity contribution in [3.8, 4) is 0 Å². The number of benzene rings is 1. The van der Waals surface area contributed by atoms with E-state index in [1.165, 1.54) is 17.4 Å². The molecule has 0 atom stereocenters. The Morgan fingerprint density at radius 3 is 2.48 bits per heavy atom. The number of primary amides is 1. The van der Waals surface area contributed by atoms with Crippen LogP contribution in [0.25, 0.3) is 5.57 Å². The van der Waals surface area contributed by atoms with Crippen molar-refractivity contribution in [1.29, 1.82) is 0 Å². The molecule has 6 heteroatoms. The Balaban J connectivity index is 1.75. The molecule has 1 fully saturated rings. The molecule has 29 heavy (non-hydrogen) atoms. The summed E-state index contributed by atoms with van der Waals surface area (Å²) >= 11 is 0. The van der Waals surface area contributed by atoms with Gasteiger partial charge in [-0.15, -0.1) is 0 Å². The molecule has 0 radical (unpaired) electrons. The molecular formula is C23H34N2O3S. The van der Waals surface area contributed by atoms with Crippen LogP contribution in [0, 0.1) is 5.41 Å². The first-order valence-corrected chi connectivity index (χ1v) is 12.6. The van der Waals surface area contributed by atoms with E-state index in [1.54, 1.807) is 0 Å². The van der Waals surface area contributed by atoms with E-state index < -0.39 is 9.84 Å². The van der Waals surface area contributed by atoms with Crippen LogP contribution in [-0.4, -0.2) is 50.9 Å². The van der Waals surface area contributed by atoms with Crippen LogP contribution in [0.5, 0.6) is 0 Å². The van der Waals surface area contributed by atoms with E-state index in [2.05, 4.69) is 30.9 Å². The lowest BCUT2D eigenvalue weighted by Gasteiger charge is -2.33. The van der Waals surface area contributed by atoms with Gasteiger partial charge >= 0.3 is 0 Å². The van der Waals surface area contributed by atoms with Gasteiger partial charge in [0.25, 0.3) is 0 Å². The number of nitrogens with two attached hydrogens (primary N) is 1. The molecule has 2 N–H and O–H groups in total. The maximum atomic E-state index is 12.0. The molecule has 0 unspecified atom stereocenters. The van der Waals surface area contributed by atoms with Crippen molar-refractivity contribution in [3.63, 3.8) is 0 Å². The van der Waals surface area contributed by atoms with Gasteiger partial charge in [-0.25, -0.2) is 8.42 Å². The maximum Gasteiger partial charge on any atom is 0.249 e. The molecule has 1 aliphatic heterocycles. The average molecular weight is 419 g/mol. The highest BCUT2D eigenvalue weighted by Gasteiger charge is 2.26. The molecule has 0 saturated carbocycles. The predicted octanol–water partition coefficient (Wildman–Crippen LogP) is 3.60. The van der Waals surface area contributed by atoms with Crippen LogP contribution in [-0.2, 0) is 9.84 Å². The van der Waals surface area contributed by atoms with Crippen molar-refractivity contribution in [3.05, 3.63) is 41.0 Å². The van der Waals surface area contributed by atoms with Gasteiger partial charge in [-0.2, -0.15) is 0 Å². The first kappa shape index (κ1) is 22.0. The molecule has 0 bridgehead atoms. The predicted molar refractivity (Wildman–Crippen MR) is 119 cm³/mol. The Labute approximate surface area is 175 Å². The molecule has 1 aromatic carbocycles. The Morgan fingerprint density at radius 1 is 1.24 bits per heavy atom. The number of hydrogen-bond donors (Lipinski definition) is 1. The fraction of sp³-hybridized carbons (Fsp3) is 0.609. The first-order chi connectivity index (χ1) is 13.5. The van der Waals surface area contributed by atoms with E-state index in [4.69, 9.17) is 5.73 Å². The molecule has 1 heterocycles. The highest BCUT2D eigenvalue weighted by molar-refractivity contribution is 7.90. The quantitative estimate of drug-likeness (QED) is 0.765. The summed E-state index contributed by atoms with van der Waals surface area (Å²) < 4.78 is 22.8. The van der Waals surface area contributed by atoms with Gasteiger partial charge in [-0.05, 0) is 79.3 Å². The summed E-state index contributed by atoms with van der Waals surface area (Å²) in [5.74, 6) is 0.290. The van der Waals surface area contributed by atoms with E-state index >= 15 is 0 Å². The molecule has 1 saturated heterocycles. The fourth-order valence-corrected chi connectivity index (χ4v) is 4.99. The third-order valence-electron chi connectivity index (χ3n) is 6.46. The van der Waals surface area contributed by atoms with Gasteiger partial charge in [0.2, 0.25) is 5.91 Å². The summed E-state index contributed by atoms with van der Waals surface area (Å²) in [5.41, 5.74) is 10.1. The Kier molecular flexibility index (Phi) is 6.54. The minimum Gasteiger partial charge on any atom is -0.366 e. The van der Waals surface area contributed by atoms with Crippen molar-refractivity contribution in [2.75, 3.05) is 31.6 Å². The van der Waals surface area contributed by atoms with Gasteiger partial charge in [-0.1, -0.05) is 32.1 Å². The second-order valence-electron chi connectivity index (χ2n) is 9.51. The van der Waals surface area contributed by atoms with Crippen LogP contribution < -0.4 is 5.73 Å². The molecular weight excluding hydrogens is 384 g/mol. The van der Waals surface area contributed by atoms with E-state index in [0.717, 1.165) is 50.8 Å². The van der Waals surface area contributed by atoms with Gasteiger partial charge in [0, 0.05) is 18.4 Å². The molecule has 1 amide bonds. The lowest BCUT2D eigenvalue weighted by Crippen LogP contribution is -2.36. The molecule has 2 aliphatic rings. The summed E-state index contributed by atoms with van der Waals surface area (Å²) in [6.07, 6.45) is 8.69. The van der Waals surface area contributed by atoms with Gasteiger partial charge < -0.3 is 10.6 Å². The van der Waals surface area contributed by atoms with Crippen LogP contribution >= 0.6 is 0 Å². The normalized spacial score (nSPS) is 21.0. The monoisotopic (exact) mass is 418 g/mol. The Hall–Kier alpha value is -1.66.